The monoisotopic (exact) mass is 281 g/mol. The van der Waals surface area contributed by atoms with Gasteiger partial charge in [-0.15, -0.1) is 0 Å². The van der Waals surface area contributed by atoms with Gasteiger partial charge in [0.1, 0.15) is 6.07 Å². The lowest BCUT2D eigenvalue weighted by atomic mass is 10.2. The normalized spacial score (nSPS) is 14.8. The minimum atomic E-state index is 0.479. The molecular formula is C14H15N7. The topological polar surface area (TPSA) is 95.0 Å². The summed E-state index contributed by atoms with van der Waals surface area (Å²) in [5.41, 5.74) is 7.00. The lowest BCUT2D eigenvalue weighted by molar-refractivity contribution is 0.635. The van der Waals surface area contributed by atoms with Gasteiger partial charge in [0.15, 0.2) is 5.82 Å². The summed E-state index contributed by atoms with van der Waals surface area (Å²) in [7, 11) is 0. The SMILES string of the molecule is N#Cc1cnc(N2CCN(c3ncccn3)CC2)c(N)c1. The first-order valence-corrected chi connectivity index (χ1v) is 6.70. The maximum absolute atomic E-state index is 8.84. The van der Waals surface area contributed by atoms with E-state index in [-0.39, 0.29) is 0 Å². The molecule has 106 valence electrons. The summed E-state index contributed by atoms with van der Waals surface area (Å²) in [5, 5.41) is 8.84. The van der Waals surface area contributed by atoms with Crippen LogP contribution in [0.4, 0.5) is 17.5 Å². The van der Waals surface area contributed by atoms with E-state index in [1.54, 1.807) is 30.7 Å². The highest BCUT2D eigenvalue weighted by molar-refractivity contribution is 5.65. The van der Waals surface area contributed by atoms with E-state index in [9.17, 15) is 0 Å². The molecule has 0 unspecified atom stereocenters. The molecule has 1 aliphatic rings. The Morgan fingerprint density at radius 2 is 1.71 bits per heavy atom. The molecular weight excluding hydrogens is 266 g/mol. The largest absolute Gasteiger partial charge is 0.396 e. The Balaban J connectivity index is 1.70. The van der Waals surface area contributed by atoms with Gasteiger partial charge in [0.05, 0.1) is 11.3 Å². The van der Waals surface area contributed by atoms with Crippen LogP contribution >= 0.6 is 0 Å². The van der Waals surface area contributed by atoms with E-state index in [2.05, 4.69) is 24.8 Å². The van der Waals surface area contributed by atoms with Crippen molar-refractivity contribution in [2.24, 2.45) is 0 Å². The quantitative estimate of drug-likeness (QED) is 0.863. The molecule has 0 bridgehead atoms. The number of hydrogen-bond donors (Lipinski definition) is 1. The molecule has 2 aromatic rings. The number of nitrogens with zero attached hydrogens (tertiary/aromatic N) is 6. The molecule has 0 aromatic carbocycles. The van der Waals surface area contributed by atoms with Gasteiger partial charge in [-0.2, -0.15) is 5.26 Å². The number of aromatic nitrogens is 3. The number of piperazine rings is 1. The number of pyridine rings is 1. The first-order chi connectivity index (χ1) is 10.3. The summed E-state index contributed by atoms with van der Waals surface area (Å²) in [4.78, 5) is 17.1. The molecule has 0 amide bonds. The molecule has 0 radical (unpaired) electrons. The minimum absolute atomic E-state index is 0.479. The smallest absolute Gasteiger partial charge is 0.225 e. The van der Waals surface area contributed by atoms with E-state index in [1.165, 1.54) is 0 Å². The molecule has 2 N–H and O–H groups in total. The van der Waals surface area contributed by atoms with Crippen molar-refractivity contribution in [3.05, 3.63) is 36.3 Å². The van der Waals surface area contributed by atoms with Crippen molar-refractivity contribution in [2.45, 2.75) is 0 Å². The summed E-state index contributed by atoms with van der Waals surface area (Å²) < 4.78 is 0. The highest BCUT2D eigenvalue weighted by Gasteiger charge is 2.21. The summed E-state index contributed by atoms with van der Waals surface area (Å²) in [6.07, 6.45) is 5.04. The van der Waals surface area contributed by atoms with Crippen molar-refractivity contribution >= 4 is 17.5 Å². The third-order valence-electron chi connectivity index (χ3n) is 3.44. The van der Waals surface area contributed by atoms with Gasteiger partial charge in [0, 0.05) is 44.8 Å². The van der Waals surface area contributed by atoms with Crippen molar-refractivity contribution in [1.82, 2.24) is 15.0 Å². The fraction of sp³-hybridized carbons (Fsp3) is 0.286. The van der Waals surface area contributed by atoms with Crippen LogP contribution in [-0.4, -0.2) is 41.1 Å². The van der Waals surface area contributed by atoms with Gasteiger partial charge in [-0.1, -0.05) is 0 Å². The Morgan fingerprint density at radius 1 is 1.05 bits per heavy atom. The fourth-order valence-corrected chi connectivity index (χ4v) is 2.37. The molecule has 3 rings (SSSR count). The molecule has 1 fully saturated rings. The van der Waals surface area contributed by atoms with Crippen LogP contribution in [0, 0.1) is 11.3 Å². The van der Waals surface area contributed by atoms with E-state index in [4.69, 9.17) is 11.0 Å². The first kappa shape index (κ1) is 13.1. The number of anilines is 3. The zero-order valence-electron chi connectivity index (χ0n) is 11.5. The van der Waals surface area contributed by atoms with Gasteiger partial charge < -0.3 is 15.5 Å². The molecule has 7 heteroatoms. The summed E-state index contributed by atoms with van der Waals surface area (Å²) >= 11 is 0. The van der Waals surface area contributed by atoms with E-state index < -0.39 is 0 Å². The number of nitriles is 1. The van der Waals surface area contributed by atoms with Gasteiger partial charge in [0.2, 0.25) is 5.95 Å². The lowest BCUT2D eigenvalue weighted by Gasteiger charge is -2.35. The Kier molecular flexibility index (Phi) is 3.51. The van der Waals surface area contributed by atoms with Crippen molar-refractivity contribution in [2.75, 3.05) is 41.7 Å². The van der Waals surface area contributed by atoms with Crippen LogP contribution in [0.5, 0.6) is 0 Å². The van der Waals surface area contributed by atoms with Crippen LogP contribution in [0.25, 0.3) is 0 Å². The summed E-state index contributed by atoms with van der Waals surface area (Å²) in [6.45, 7) is 3.21. The van der Waals surface area contributed by atoms with Gasteiger partial charge in [0.25, 0.3) is 0 Å². The second-order valence-corrected chi connectivity index (χ2v) is 4.77. The van der Waals surface area contributed by atoms with Gasteiger partial charge in [-0.3, -0.25) is 0 Å². The van der Waals surface area contributed by atoms with Crippen LogP contribution in [0.2, 0.25) is 0 Å². The molecule has 0 saturated carbocycles. The maximum Gasteiger partial charge on any atom is 0.225 e. The zero-order valence-corrected chi connectivity index (χ0v) is 11.5. The number of hydrogen-bond acceptors (Lipinski definition) is 7. The average Bonchev–Trinajstić information content (AvgIpc) is 2.56. The molecule has 1 saturated heterocycles. The van der Waals surface area contributed by atoms with Crippen molar-refractivity contribution in [3.8, 4) is 6.07 Å². The Morgan fingerprint density at radius 3 is 2.33 bits per heavy atom. The first-order valence-electron chi connectivity index (χ1n) is 6.70. The van der Waals surface area contributed by atoms with Crippen LogP contribution in [0.15, 0.2) is 30.7 Å². The lowest BCUT2D eigenvalue weighted by Crippen LogP contribution is -2.47. The fourth-order valence-electron chi connectivity index (χ4n) is 2.37. The molecule has 7 nitrogen and oxygen atoms in total. The predicted octanol–water partition coefficient (Wildman–Crippen LogP) is 0.652. The van der Waals surface area contributed by atoms with Crippen LogP contribution < -0.4 is 15.5 Å². The Hall–Kier alpha value is -2.88. The highest BCUT2D eigenvalue weighted by atomic mass is 15.3. The molecule has 0 aliphatic carbocycles. The summed E-state index contributed by atoms with van der Waals surface area (Å²) in [5.74, 6) is 1.49. The third kappa shape index (κ3) is 2.69. The van der Waals surface area contributed by atoms with E-state index in [1.807, 2.05) is 6.07 Å². The zero-order chi connectivity index (χ0) is 14.7. The Labute approximate surface area is 122 Å². The number of rotatable bonds is 2. The number of nitrogens with two attached hydrogens (primary N) is 1. The van der Waals surface area contributed by atoms with Crippen LogP contribution in [0.3, 0.4) is 0 Å². The summed E-state index contributed by atoms with van der Waals surface area (Å²) in [6, 6.07) is 5.51. The standard InChI is InChI=1S/C14H15N7/c15-9-11-8-12(16)13(19-10-11)20-4-6-21(7-5-20)14-17-2-1-3-18-14/h1-3,8,10H,4-7,16H2. The maximum atomic E-state index is 8.84. The van der Waals surface area contributed by atoms with Gasteiger partial charge in [-0.25, -0.2) is 15.0 Å². The Bertz CT molecular complexity index is 657. The molecule has 1 aliphatic heterocycles. The average molecular weight is 281 g/mol. The van der Waals surface area contributed by atoms with Crippen molar-refractivity contribution < 1.29 is 0 Å². The molecule has 0 spiro atoms. The van der Waals surface area contributed by atoms with Gasteiger partial charge in [-0.05, 0) is 12.1 Å². The molecule has 3 heterocycles. The number of nitrogen functional groups attached to an aromatic ring is 1. The van der Waals surface area contributed by atoms with Crippen LogP contribution in [0.1, 0.15) is 5.56 Å². The van der Waals surface area contributed by atoms with Crippen molar-refractivity contribution in [1.29, 1.82) is 5.26 Å². The van der Waals surface area contributed by atoms with Crippen molar-refractivity contribution in [3.63, 3.8) is 0 Å². The highest BCUT2D eigenvalue weighted by Crippen LogP contribution is 2.22. The van der Waals surface area contributed by atoms with E-state index in [0.29, 0.717) is 11.3 Å². The minimum Gasteiger partial charge on any atom is -0.396 e. The predicted molar refractivity (Wildman–Crippen MR) is 79.8 cm³/mol. The second kappa shape index (κ2) is 5.63. The second-order valence-electron chi connectivity index (χ2n) is 4.77. The third-order valence-corrected chi connectivity index (χ3v) is 3.44. The van der Waals surface area contributed by atoms with Gasteiger partial charge >= 0.3 is 0 Å². The molecule has 0 atom stereocenters. The van der Waals surface area contributed by atoms with Crippen LogP contribution in [-0.2, 0) is 0 Å². The molecule has 2 aromatic heterocycles. The van der Waals surface area contributed by atoms with E-state index >= 15 is 0 Å². The van der Waals surface area contributed by atoms with E-state index in [0.717, 1.165) is 37.9 Å². The molecule has 21 heavy (non-hydrogen) atoms.